The van der Waals surface area contributed by atoms with Gasteiger partial charge in [0.2, 0.25) is 0 Å². The molecule has 2 aromatic rings. The number of rotatable bonds is 4. The maximum absolute atomic E-state index is 3.55. The molecule has 0 aliphatic carbocycles. The second kappa shape index (κ2) is 6.12. The maximum atomic E-state index is 3.55. The monoisotopic (exact) mass is 307 g/mol. The van der Waals surface area contributed by atoms with Crippen LogP contribution in [0.3, 0.4) is 0 Å². The van der Waals surface area contributed by atoms with E-state index in [0.29, 0.717) is 0 Å². The number of thioether (sulfide) groups is 1. The van der Waals surface area contributed by atoms with Crippen molar-refractivity contribution >= 4 is 33.4 Å². The van der Waals surface area contributed by atoms with Gasteiger partial charge in [0.25, 0.3) is 0 Å². The first kappa shape index (κ1) is 12.5. The van der Waals surface area contributed by atoms with Crippen LogP contribution in [-0.2, 0) is 6.54 Å². The molecule has 0 radical (unpaired) electrons. The van der Waals surface area contributed by atoms with Crippen LogP contribution < -0.4 is 5.32 Å². The number of nitrogens with one attached hydrogen (secondary N) is 1. The van der Waals surface area contributed by atoms with E-state index in [1.807, 2.05) is 6.07 Å². The molecule has 2 aromatic carbocycles. The molecular formula is C14H14BrNS. The third-order valence-electron chi connectivity index (χ3n) is 2.51. The number of halogens is 1. The van der Waals surface area contributed by atoms with Gasteiger partial charge in [-0.05, 0) is 36.1 Å². The van der Waals surface area contributed by atoms with E-state index in [-0.39, 0.29) is 0 Å². The first-order chi connectivity index (χ1) is 8.29. The molecule has 0 amide bonds. The lowest BCUT2D eigenvalue weighted by Gasteiger charge is -2.09. The van der Waals surface area contributed by atoms with Crippen LogP contribution in [0.25, 0.3) is 0 Å². The molecule has 0 aliphatic heterocycles. The molecule has 0 atom stereocenters. The number of hydrogen-bond donors (Lipinski definition) is 1. The van der Waals surface area contributed by atoms with E-state index >= 15 is 0 Å². The zero-order chi connectivity index (χ0) is 12.1. The van der Waals surface area contributed by atoms with Crippen LogP contribution in [0.2, 0.25) is 0 Å². The third kappa shape index (κ3) is 3.51. The van der Waals surface area contributed by atoms with Gasteiger partial charge in [0.15, 0.2) is 0 Å². The second-order valence-electron chi connectivity index (χ2n) is 3.68. The van der Waals surface area contributed by atoms with Gasteiger partial charge in [0, 0.05) is 21.6 Å². The molecule has 0 spiro atoms. The van der Waals surface area contributed by atoms with Crippen molar-refractivity contribution in [3.8, 4) is 0 Å². The summed E-state index contributed by atoms with van der Waals surface area (Å²) in [7, 11) is 0. The van der Waals surface area contributed by atoms with Crippen LogP contribution >= 0.6 is 27.7 Å². The average Bonchev–Trinajstić information content (AvgIpc) is 2.38. The number of benzene rings is 2. The Balaban J connectivity index is 2.05. The summed E-state index contributed by atoms with van der Waals surface area (Å²) in [6, 6.07) is 16.7. The van der Waals surface area contributed by atoms with E-state index in [0.717, 1.165) is 16.7 Å². The van der Waals surface area contributed by atoms with Crippen LogP contribution in [0.4, 0.5) is 5.69 Å². The highest BCUT2D eigenvalue weighted by molar-refractivity contribution is 9.10. The minimum atomic E-state index is 0.833. The molecule has 0 saturated heterocycles. The van der Waals surface area contributed by atoms with Crippen molar-refractivity contribution in [3.63, 3.8) is 0 Å². The van der Waals surface area contributed by atoms with Gasteiger partial charge in [-0.15, -0.1) is 11.8 Å². The topological polar surface area (TPSA) is 12.0 Å². The summed E-state index contributed by atoms with van der Waals surface area (Å²) < 4.78 is 1.15. The zero-order valence-corrected chi connectivity index (χ0v) is 12.0. The maximum Gasteiger partial charge on any atom is 0.0411 e. The molecule has 0 heterocycles. The Morgan fingerprint density at radius 3 is 2.71 bits per heavy atom. The molecule has 1 N–H and O–H groups in total. The van der Waals surface area contributed by atoms with Crippen molar-refractivity contribution < 1.29 is 0 Å². The summed E-state index contributed by atoms with van der Waals surface area (Å²) in [5, 5.41) is 3.43. The fourth-order valence-corrected chi connectivity index (χ4v) is 2.46. The molecule has 3 heteroatoms. The lowest BCUT2D eigenvalue weighted by Crippen LogP contribution is -1.99. The van der Waals surface area contributed by atoms with Crippen molar-refractivity contribution in [2.24, 2.45) is 0 Å². The minimum absolute atomic E-state index is 0.833. The minimum Gasteiger partial charge on any atom is -0.381 e. The van der Waals surface area contributed by atoms with Crippen LogP contribution in [0.15, 0.2) is 57.9 Å². The van der Waals surface area contributed by atoms with E-state index in [1.54, 1.807) is 11.8 Å². The molecule has 0 saturated carbocycles. The van der Waals surface area contributed by atoms with Gasteiger partial charge in [-0.25, -0.2) is 0 Å². The molecule has 0 aromatic heterocycles. The summed E-state index contributed by atoms with van der Waals surface area (Å²) in [5.41, 5.74) is 2.43. The van der Waals surface area contributed by atoms with Gasteiger partial charge in [-0.1, -0.05) is 40.2 Å². The zero-order valence-electron chi connectivity index (χ0n) is 9.61. The SMILES string of the molecule is CSc1cccc(NCc2ccccc2Br)c1. The Morgan fingerprint density at radius 2 is 1.94 bits per heavy atom. The lowest BCUT2D eigenvalue weighted by atomic mass is 10.2. The van der Waals surface area contributed by atoms with Crippen molar-refractivity contribution in [3.05, 3.63) is 58.6 Å². The predicted molar refractivity (Wildman–Crippen MR) is 79.7 cm³/mol. The van der Waals surface area contributed by atoms with Crippen molar-refractivity contribution in [2.45, 2.75) is 11.4 Å². The van der Waals surface area contributed by atoms with E-state index < -0.39 is 0 Å². The fraction of sp³-hybridized carbons (Fsp3) is 0.143. The van der Waals surface area contributed by atoms with Crippen LogP contribution in [0.5, 0.6) is 0 Å². The van der Waals surface area contributed by atoms with Crippen molar-refractivity contribution in [1.29, 1.82) is 0 Å². The summed E-state index contributed by atoms with van der Waals surface area (Å²) in [6.07, 6.45) is 2.09. The summed E-state index contributed by atoms with van der Waals surface area (Å²) >= 11 is 5.31. The van der Waals surface area contributed by atoms with Gasteiger partial charge in [-0.2, -0.15) is 0 Å². The molecule has 88 valence electrons. The standard InChI is InChI=1S/C14H14BrNS/c1-17-13-7-4-6-12(9-13)16-10-11-5-2-3-8-14(11)15/h2-9,16H,10H2,1H3. The van der Waals surface area contributed by atoms with E-state index in [4.69, 9.17) is 0 Å². The normalized spacial score (nSPS) is 10.2. The Bertz CT molecular complexity index is 499. The highest BCUT2D eigenvalue weighted by Gasteiger charge is 1.99. The predicted octanol–water partition coefficient (Wildman–Crippen LogP) is 4.78. The Labute approximate surface area is 115 Å². The first-order valence-electron chi connectivity index (χ1n) is 5.41. The van der Waals surface area contributed by atoms with Gasteiger partial charge >= 0.3 is 0 Å². The summed E-state index contributed by atoms with van der Waals surface area (Å²) in [6.45, 7) is 0.833. The highest BCUT2D eigenvalue weighted by atomic mass is 79.9. The van der Waals surface area contributed by atoms with Gasteiger partial charge in [0.1, 0.15) is 0 Å². The first-order valence-corrected chi connectivity index (χ1v) is 7.42. The smallest absolute Gasteiger partial charge is 0.0411 e. The largest absolute Gasteiger partial charge is 0.381 e. The average molecular weight is 308 g/mol. The fourth-order valence-electron chi connectivity index (χ4n) is 1.57. The third-order valence-corrected chi connectivity index (χ3v) is 4.01. The van der Waals surface area contributed by atoms with Crippen LogP contribution in [0, 0.1) is 0 Å². The Kier molecular flexibility index (Phi) is 4.51. The van der Waals surface area contributed by atoms with Gasteiger partial charge in [-0.3, -0.25) is 0 Å². The van der Waals surface area contributed by atoms with Crippen molar-refractivity contribution in [1.82, 2.24) is 0 Å². The molecule has 2 rings (SSSR count). The number of hydrogen-bond acceptors (Lipinski definition) is 2. The highest BCUT2D eigenvalue weighted by Crippen LogP contribution is 2.21. The van der Waals surface area contributed by atoms with Crippen LogP contribution in [0.1, 0.15) is 5.56 Å². The van der Waals surface area contributed by atoms with Crippen LogP contribution in [-0.4, -0.2) is 6.26 Å². The molecule has 0 bridgehead atoms. The summed E-state index contributed by atoms with van der Waals surface area (Å²) in [5.74, 6) is 0. The molecule has 0 fully saturated rings. The molecule has 0 unspecified atom stereocenters. The molecular weight excluding hydrogens is 294 g/mol. The summed E-state index contributed by atoms with van der Waals surface area (Å²) in [4.78, 5) is 1.28. The van der Waals surface area contributed by atoms with Gasteiger partial charge < -0.3 is 5.32 Å². The molecule has 0 aliphatic rings. The van der Waals surface area contributed by atoms with E-state index in [2.05, 4.69) is 70.0 Å². The Morgan fingerprint density at radius 1 is 1.12 bits per heavy atom. The second-order valence-corrected chi connectivity index (χ2v) is 5.41. The van der Waals surface area contributed by atoms with Crippen molar-refractivity contribution in [2.75, 3.05) is 11.6 Å². The lowest BCUT2D eigenvalue weighted by molar-refractivity contribution is 1.13. The molecule has 1 nitrogen and oxygen atoms in total. The number of anilines is 1. The van der Waals surface area contributed by atoms with E-state index in [1.165, 1.54) is 10.5 Å². The Hall–Kier alpha value is -0.930. The van der Waals surface area contributed by atoms with Gasteiger partial charge in [0.05, 0.1) is 0 Å². The quantitative estimate of drug-likeness (QED) is 0.816. The van der Waals surface area contributed by atoms with E-state index in [9.17, 15) is 0 Å². The molecule has 17 heavy (non-hydrogen) atoms.